The van der Waals surface area contributed by atoms with E-state index in [1.165, 1.54) is 31.6 Å². The van der Waals surface area contributed by atoms with Gasteiger partial charge in [0.05, 0.1) is 0 Å². The number of rotatable bonds is 6. The standard InChI is InChI=1S/3C7H7.Ga/c3*1-7-5-3-2-4-6-7;/h3*2-6H,1H2;. The Bertz CT molecular complexity index is 563. The van der Waals surface area contributed by atoms with Crippen LogP contribution in [0.25, 0.3) is 0 Å². The molecule has 0 unspecified atom stereocenters. The Morgan fingerprint density at radius 1 is 0.409 bits per heavy atom. The third kappa shape index (κ3) is 4.65. The van der Waals surface area contributed by atoms with Crippen molar-refractivity contribution in [2.75, 3.05) is 0 Å². The fraction of sp³-hybridized carbons (Fsp3) is 0.143. The van der Waals surface area contributed by atoms with Crippen molar-refractivity contribution in [3.05, 3.63) is 108 Å². The molecule has 0 saturated heterocycles. The summed E-state index contributed by atoms with van der Waals surface area (Å²) in [6.45, 7) is 0. The molecule has 0 aromatic heterocycles. The van der Waals surface area contributed by atoms with E-state index in [1.54, 1.807) is 0 Å². The van der Waals surface area contributed by atoms with Crippen LogP contribution in [0.5, 0.6) is 0 Å². The van der Waals surface area contributed by atoms with E-state index >= 15 is 0 Å². The molecule has 0 heterocycles. The monoisotopic (exact) mass is 342 g/mol. The van der Waals surface area contributed by atoms with Gasteiger partial charge in [-0.05, 0) is 0 Å². The SMILES string of the molecule is c1ccc([CH2][Ga]([CH2]c2ccccc2)[CH2]c2ccccc2)cc1. The molecule has 0 atom stereocenters. The van der Waals surface area contributed by atoms with Gasteiger partial charge in [0.1, 0.15) is 0 Å². The zero-order valence-electron chi connectivity index (χ0n) is 12.9. The molecule has 0 bridgehead atoms. The van der Waals surface area contributed by atoms with E-state index < -0.39 is 16.2 Å². The first-order valence-corrected chi connectivity index (χ1v) is 13.2. The van der Waals surface area contributed by atoms with Gasteiger partial charge in [-0.2, -0.15) is 0 Å². The third-order valence-corrected chi connectivity index (χ3v) is 10.7. The van der Waals surface area contributed by atoms with Crippen molar-refractivity contribution in [3.8, 4) is 0 Å². The van der Waals surface area contributed by atoms with Crippen molar-refractivity contribution >= 4 is 16.2 Å². The summed E-state index contributed by atoms with van der Waals surface area (Å²) < 4.78 is 0. The Kier molecular flexibility index (Phi) is 5.57. The summed E-state index contributed by atoms with van der Waals surface area (Å²) in [6.07, 6.45) is 0. The van der Waals surface area contributed by atoms with Gasteiger partial charge in [0.15, 0.2) is 0 Å². The van der Waals surface area contributed by atoms with Crippen molar-refractivity contribution in [2.45, 2.75) is 14.9 Å². The molecule has 0 nitrogen and oxygen atoms in total. The number of hydrogen-bond donors (Lipinski definition) is 0. The molecule has 0 saturated carbocycles. The van der Waals surface area contributed by atoms with Crippen molar-refractivity contribution in [1.29, 1.82) is 0 Å². The van der Waals surface area contributed by atoms with E-state index in [2.05, 4.69) is 91.0 Å². The number of hydrogen-bond acceptors (Lipinski definition) is 0. The van der Waals surface area contributed by atoms with Crippen molar-refractivity contribution in [2.24, 2.45) is 0 Å². The molecule has 1 heteroatoms. The molecular weight excluding hydrogens is 322 g/mol. The summed E-state index contributed by atoms with van der Waals surface area (Å²) in [4.78, 5) is 3.95. The first-order chi connectivity index (χ1) is 10.9. The van der Waals surface area contributed by atoms with Gasteiger partial charge in [0.2, 0.25) is 0 Å². The number of benzene rings is 3. The normalized spacial score (nSPS) is 10.4. The van der Waals surface area contributed by atoms with Gasteiger partial charge in [-0.1, -0.05) is 0 Å². The van der Waals surface area contributed by atoms with Crippen LogP contribution >= 0.6 is 0 Å². The Morgan fingerprint density at radius 3 is 0.955 bits per heavy atom. The average Bonchev–Trinajstić information content (AvgIpc) is 2.57. The Balaban J connectivity index is 1.75. The fourth-order valence-corrected chi connectivity index (χ4v) is 9.88. The molecule has 0 amide bonds. The molecule has 0 spiro atoms. The van der Waals surface area contributed by atoms with Gasteiger partial charge >= 0.3 is 139 Å². The second-order valence-electron chi connectivity index (χ2n) is 5.94. The van der Waals surface area contributed by atoms with Gasteiger partial charge in [0, 0.05) is 0 Å². The molecule has 3 aromatic rings. The quantitative estimate of drug-likeness (QED) is 0.563. The molecule has 0 aliphatic heterocycles. The summed E-state index contributed by atoms with van der Waals surface area (Å²) >= 11 is -1.45. The van der Waals surface area contributed by atoms with Crippen molar-refractivity contribution in [1.82, 2.24) is 0 Å². The second-order valence-corrected chi connectivity index (χ2v) is 12.1. The first-order valence-electron chi connectivity index (χ1n) is 8.02. The van der Waals surface area contributed by atoms with E-state index in [1.807, 2.05) is 0 Å². The molecule has 3 rings (SSSR count). The van der Waals surface area contributed by atoms with E-state index in [0.717, 1.165) is 0 Å². The predicted molar refractivity (Wildman–Crippen MR) is 96.2 cm³/mol. The van der Waals surface area contributed by atoms with Gasteiger partial charge in [-0.25, -0.2) is 0 Å². The maximum atomic E-state index is 2.29. The molecule has 3 aromatic carbocycles. The predicted octanol–water partition coefficient (Wildman–Crippen LogP) is 4.83. The Labute approximate surface area is 138 Å². The minimum absolute atomic E-state index is 1.32. The van der Waals surface area contributed by atoms with Crippen LogP contribution in [-0.2, 0) is 14.9 Å². The molecule has 0 aliphatic carbocycles. The molecule has 0 fully saturated rings. The maximum absolute atomic E-state index is 2.29. The van der Waals surface area contributed by atoms with Gasteiger partial charge in [-0.15, -0.1) is 0 Å². The first kappa shape index (κ1) is 15.2. The molecular formula is C21H21Ga. The van der Waals surface area contributed by atoms with Crippen LogP contribution in [0.2, 0.25) is 0 Å². The minimum atomic E-state index is -1.45. The zero-order chi connectivity index (χ0) is 15.0. The molecule has 0 radical (unpaired) electrons. The van der Waals surface area contributed by atoms with E-state index in [4.69, 9.17) is 0 Å². The van der Waals surface area contributed by atoms with Crippen LogP contribution in [0.1, 0.15) is 16.7 Å². The third-order valence-electron chi connectivity index (χ3n) is 4.10. The summed E-state index contributed by atoms with van der Waals surface area (Å²) in [6, 6.07) is 33.0. The van der Waals surface area contributed by atoms with Crippen molar-refractivity contribution in [3.63, 3.8) is 0 Å². The Hall–Kier alpha value is -1.70. The summed E-state index contributed by atoms with van der Waals surface area (Å²) in [7, 11) is 0. The molecule has 0 N–H and O–H groups in total. The Morgan fingerprint density at radius 2 is 0.682 bits per heavy atom. The second kappa shape index (κ2) is 8.07. The molecule has 0 aliphatic rings. The van der Waals surface area contributed by atoms with Crippen LogP contribution in [0.15, 0.2) is 91.0 Å². The van der Waals surface area contributed by atoms with Gasteiger partial charge in [0.25, 0.3) is 0 Å². The van der Waals surface area contributed by atoms with Crippen LogP contribution < -0.4 is 0 Å². The van der Waals surface area contributed by atoms with Crippen molar-refractivity contribution < 1.29 is 0 Å². The van der Waals surface area contributed by atoms with Crippen LogP contribution in [-0.4, -0.2) is 16.2 Å². The zero-order valence-corrected chi connectivity index (χ0v) is 15.3. The topological polar surface area (TPSA) is 0 Å². The summed E-state index contributed by atoms with van der Waals surface area (Å²) in [5, 5.41) is 0. The van der Waals surface area contributed by atoms with Crippen LogP contribution in [0.4, 0.5) is 0 Å². The van der Waals surface area contributed by atoms with Gasteiger partial charge < -0.3 is 0 Å². The summed E-state index contributed by atoms with van der Waals surface area (Å²) in [5.74, 6) is 0. The average molecular weight is 343 g/mol. The summed E-state index contributed by atoms with van der Waals surface area (Å²) in [5.41, 5.74) is 4.54. The fourth-order valence-electron chi connectivity index (χ4n) is 3.06. The molecule has 22 heavy (non-hydrogen) atoms. The van der Waals surface area contributed by atoms with E-state index in [0.29, 0.717) is 0 Å². The van der Waals surface area contributed by atoms with Gasteiger partial charge in [-0.3, -0.25) is 0 Å². The van der Waals surface area contributed by atoms with Crippen LogP contribution in [0, 0.1) is 0 Å². The van der Waals surface area contributed by atoms with E-state index in [-0.39, 0.29) is 0 Å². The van der Waals surface area contributed by atoms with E-state index in [9.17, 15) is 0 Å². The van der Waals surface area contributed by atoms with Crippen LogP contribution in [0.3, 0.4) is 0 Å². The molecule has 108 valence electrons.